The third-order valence-corrected chi connectivity index (χ3v) is 3.41. The molecule has 16 heavy (non-hydrogen) atoms. The van der Waals surface area contributed by atoms with E-state index in [2.05, 4.69) is 0 Å². The zero-order valence-corrected chi connectivity index (χ0v) is 9.74. The number of ketones is 1. The van der Waals surface area contributed by atoms with Gasteiger partial charge in [-0.3, -0.25) is 4.79 Å². The van der Waals surface area contributed by atoms with E-state index in [0.29, 0.717) is 12.4 Å². The number of rotatable bonds is 6. The second-order valence-electron chi connectivity index (χ2n) is 4.60. The van der Waals surface area contributed by atoms with Crippen LogP contribution in [-0.4, -0.2) is 12.4 Å². The van der Waals surface area contributed by atoms with Crippen molar-refractivity contribution in [3.8, 4) is 5.75 Å². The van der Waals surface area contributed by atoms with Crippen molar-refractivity contribution in [3.63, 3.8) is 0 Å². The Labute approximate surface area is 96.6 Å². The number of carbonyl (C=O) groups is 1. The van der Waals surface area contributed by atoms with Crippen LogP contribution in [0.3, 0.4) is 0 Å². The van der Waals surface area contributed by atoms with E-state index in [-0.39, 0.29) is 5.41 Å². The summed E-state index contributed by atoms with van der Waals surface area (Å²) in [6.45, 7) is 2.42. The summed E-state index contributed by atoms with van der Waals surface area (Å²) in [5, 5.41) is 0. The molecule has 2 heteroatoms. The fourth-order valence-electron chi connectivity index (χ4n) is 2.05. The van der Waals surface area contributed by atoms with Gasteiger partial charge in [0.05, 0.1) is 6.61 Å². The molecule has 2 nitrogen and oxygen atoms in total. The van der Waals surface area contributed by atoms with Crippen LogP contribution < -0.4 is 4.74 Å². The summed E-state index contributed by atoms with van der Waals surface area (Å²) < 4.78 is 5.60. The quantitative estimate of drug-likeness (QED) is 0.685. The number of Topliss-reactive ketones (excluding diaryl/α,β-unsaturated/α-hetero) is 1. The molecule has 0 N–H and O–H groups in total. The lowest BCUT2D eigenvalue weighted by Gasteiger charge is -2.11. The average Bonchev–Trinajstić information content (AvgIpc) is 3.07. The number of hydrogen-bond donors (Lipinski definition) is 0. The van der Waals surface area contributed by atoms with E-state index in [1.165, 1.54) is 0 Å². The van der Waals surface area contributed by atoms with Crippen molar-refractivity contribution >= 4 is 5.78 Å². The Bertz CT molecular complexity index is 352. The molecule has 0 radical (unpaired) electrons. The number of hydrogen-bond acceptors (Lipinski definition) is 2. The van der Waals surface area contributed by atoms with Crippen molar-refractivity contribution in [2.45, 2.75) is 32.6 Å². The van der Waals surface area contributed by atoms with Crippen LogP contribution >= 0.6 is 0 Å². The third kappa shape index (κ3) is 2.63. The van der Waals surface area contributed by atoms with E-state index in [1.807, 2.05) is 30.3 Å². The largest absolute Gasteiger partial charge is 0.494 e. The van der Waals surface area contributed by atoms with E-state index in [0.717, 1.165) is 31.4 Å². The standard InChI is InChI=1S/C14H18O2/c1-12(15)14(9-10-14)8-5-11-16-13-6-3-2-4-7-13/h2-4,6-7H,5,8-11H2,1H3. The molecule has 1 aromatic rings. The lowest BCUT2D eigenvalue weighted by molar-refractivity contribution is -0.122. The summed E-state index contributed by atoms with van der Waals surface area (Å²) >= 11 is 0. The van der Waals surface area contributed by atoms with Gasteiger partial charge in [-0.1, -0.05) is 18.2 Å². The molecule has 0 unspecified atom stereocenters. The van der Waals surface area contributed by atoms with Crippen LogP contribution in [0.5, 0.6) is 5.75 Å². The van der Waals surface area contributed by atoms with Gasteiger partial charge >= 0.3 is 0 Å². The van der Waals surface area contributed by atoms with E-state index in [9.17, 15) is 4.79 Å². The molecule has 0 aromatic heterocycles. The van der Waals surface area contributed by atoms with Crippen LogP contribution in [0.1, 0.15) is 32.6 Å². The maximum absolute atomic E-state index is 11.4. The van der Waals surface area contributed by atoms with E-state index in [4.69, 9.17) is 4.74 Å². The average molecular weight is 218 g/mol. The predicted octanol–water partition coefficient (Wildman–Crippen LogP) is 3.21. The molecule has 1 fully saturated rings. The zero-order chi connectivity index (χ0) is 11.4. The third-order valence-electron chi connectivity index (χ3n) is 3.41. The topological polar surface area (TPSA) is 26.3 Å². The first-order valence-corrected chi connectivity index (χ1v) is 5.92. The Hall–Kier alpha value is -1.31. The SMILES string of the molecule is CC(=O)C1(CCCOc2ccccc2)CC1. The van der Waals surface area contributed by atoms with E-state index in [1.54, 1.807) is 6.92 Å². The number of benzene rings is 1. The van der Waals surface area contributed by atoms with Gasteiger partial charge in [-0.05, 0) is 44.7 Å². The monoisotopic (exact) mass is 218 g/mol. The number of carbonyl (C=O) groups excluding carboxylic acids is 1. The van der Waals surface area contributed by atoms with Gasteiger partial charge in [0.1, 0.15) is 11.5 Å². The fraction of sp³-hybridized carbons (Fsp3) is 0.500. The summed E-state index contributed by atoms with van der Waals surface area (Å²) in [6.07, 6.45) is 4.10. The van der Waals surface area contributed by atoms with Crippen molar-refractivity contribution in [2.75, 3.05) is 6.61 Å². The minimum atomic E-state index is 0.0278. The maximum Gasteiger partial charge on any atom is 0.135 e. The van der Waals surface area contributed by atoms with Gasteiger partial charge in [0.2, 0.25) is 0 Å². The summed E-state index contributed by atoms with van der Waals surface area (Å²) in [5.41, 5.74) is 0.0278. The second-order valence-corrected chi connectivity index (χ2v) is 4.60. The molecule has 0 aliphatic heterocycles. The molecule has 86 valence electrons. The number of para-hydroxylation sites is 1. The Morgan fingerprint density at radius 1 is 1.31 bits per heavy atom. The molecule has 0 amide bonds. The molecule has 0 heterocycles. The molecular weight excluding hydrogens is 200 g/mol. The lowest BCUT2D eigenvalue weighted by Crippen LogP contribution is -2.13. The van der Waals surface area contributed by atoms with Crippen molar-refractivity contribution in [1.29, 1.82) is 0 Å². The van der Waals surface area contributed by atoms with E-state index < -0.39 is 0 Å². The van der Waals surface area contributed by atoms with Crippen molar-refractivity contribution in [2.24, 2.45) is 5.41 Å². The molecule has 1 saturated carbocycles. The van der Waals surface area contributed by atoms with Gasteiger partial charge in [0.15, 0.2) is 0 Å². The highest BCUT2D eigenvalue weighted by molar-refractivity contribution is 5.84. The van der Waals surface area contributed by atoms with Gasteiger partial charge < -0.3 is 4.74 Å². The molecule has 1 aliphatic rings. The zero-order valence-electron chi connectivity index (χ0n) is 9.74. The van der Waals surface area contributed by atoms with Gasteiger partial charge in [0, 0.05) is 5.41 Å². The molecule has 0 saturated heterocycles. The minimum absolute atomic E-state index is 0.0278. The summed E-state index contributed by atoms with van der Waals surface area (Å²) in [5.74, 6) is 1.27. The van der Waals surface area contributed by atoms with Crippen LogP contribution in [-0.2, 0) is 4.79 Å². The first kappa shape index (κ1) is 11.2. The summed E-state index contributed by atoms with van der Waals surface area (Å²) in [6, 6.07) is 9.82. The minimum Gasteiger partial charge on any atom is -0.494 e. The molecule has 0 atom stereocenters. The Kier molecular flexibility index (Phi) is 3.28. The normalized spacial score (nSPS) is 16.8. The molecule has 0 bridgehead atoms. The Balaban J connectivity index is 1.68. The van der Waals surface area contributed by atoms with E-state index >= 15 is 0 Å². The molecule has 0 spiro atoms. The molecule has 1 aromatic carbocycles. The molecule has 1 aliphatic carbocycles. The maximum atomic E-state index is 11.4. The van der Waals surface area contributed by atoms with Crippen LogP contribution in [0.2, 0.25) is 0 Å². The summed E-state index contributed by atoms with van der Waals surface area (Å²) in [7, 11) is 0. The summed E-state index contributed by atoms with van der Waals surface area (Å²) in [4.78, 5) is 11.4. The Morgan fingerprint density at radius 3 is 2.56 bits per heavy atom. The van der Waals surface area contributed by atoms with Crippen LogP contribution in [0, 0.1) is 5.41 Å². The van der Waals surface area contributed by atoms with Crippen LogP contribution in [0.4, 0.5) is 0 Å². The second kappa shape index (κ2) is 4.69. The van der Waals surface area contributed by atoms with Crippen LogP contribution in [0.25, 0.3) is 0 Å². The van der Waals surface area contributed by atoms with Gasteiger partial charge in [-0.2, -0.15) is 0 Å². The van der Waals surface area contributed by atoms with Crippen molar-refractivity contribution < 1.29 is 9.53 Å². The number of ether oxygens (including phenoxy) is 1. The predicted molar refractivity (Wildman–Crippen MR) is 63.5 cm³/mol. The lowest BCUT2D eigenvalue weighted by atomic mass is 9.96. The first-order chi connectivity index (χ1) is 7.73. The van der Waals surface area contributed by atoms with Crippen molar-refractivity contribution in [3.05, 3.63) is 30.3 Å². The van der Waals surface area contributed by atoms with Gasteiger partial charge in [0.25, 0.3) is 0 Å². The molecule has 2 rings (SSSR count). The van der Waals surface area contributed by atoms with Gasteiger partial charge in [-0.25, -0.2) is 0 Å². The van der Waals surface area contributed by atoms with Gasteiger partial charge in [-0.15, -0.1) is 0 Å². The highest BCUT2D eigenvalue weighted by atomic mass is 16.5. The highest BCUT2D eigenvalue weighted by Gasteiger charge is 2.46. The smallest absolute Gasteiger partial charge is 0.135 e. The first-order valence-electron chi connectivity index (χ1n) is 5.92. The highest BCUT2D eigenvalue weighted by Crippen LogP contribution is 2.50. The fourth-order valence-corrected chi connectivity index (χ4v) is 2.05. The Morgan fingerprint density at radius 2 is 2.00 bits per heavy atom. The molecular formula is C14H18O2. The van der Waals surface area contributed by atoms with Crippen LogP contribution in [0.15, 0.2) is 30.3 Å². The van der Waals surface area contributed by atoms with Crippen molar-refractivity contribution in [1.82, 2.24) is 0 Å².